The Morgan fingerprint density at radius 2 is 1.68 bits per heavy atom. The number of rotatable bonds is 9. The van der Waals surface area contributed by atoms with Crippen LogP contribution in [0.4, 0.5) is 4.39 Å². The van der Waals surface area contributed by atoms with Crippen molar-refractivity contribution < 1.29 is 23.8 Å². The minimum Gasteiger partial charge on any atom is -0.479 e. The first-order valence-electron chi connectivity index (χ1n) is 15.0. The number of carbonyl (C=O) groups excluding carboxylic acids is 1. The number of carboxylic acids is 1. The molecule has 1 aromatic heterocycles. The van der Waals surface area contributed by atoms with Gasteiger partial charge in [-0.05, 0) is 74.5 Å². The number of aromatic nitrogens is 2. The molecule has 0 atom stereocenters. The molecule has 0 radical (unpaired) electrons. The van der Waals surface area contributed by atoms with Gasteiger partial charge in [0.05, 0.1) is 19.3 Å². The molecule has 0 spiro atoms. The fourth-order valence-electron chi connectivity index (χ4n) is 8.36. The van der Waals surface area contributed by atoms with Crippen molar-refractivity contribution in [1.29, 1.82) is 0 Å². The van der Waals surface area contributed by atoms with E-state index in [1.807, 2.05) is 0 Å². The first-order valence-corrected chi connectivity index (χ1v) is 15.0. The van der Waals surface area contributed by atoms with Crippen LogP contribution in [0.5, 0.6) is 5.88 Å². The molecular formula is C29H43FN4O4. The molecule has 6 aliphatic rings. The van der Waals surface area contributed by atoms with Gasteiger partial charge in [0.15, 0.2) is 0 Å². The van der Waals surface area contributed by atoms with Crippen molar-refractivity contribution in [3.05, 3.63) is 11.8 Å². The number of alkyl halides is 1. The molecule has 1 aliphatic heterocycles. The van der Waals surface area contributed by atoms with Crippen LogP contribution >= 0.6 is 0 Å². The maximum absolute atomic E-state index is 14.5. The molecule has 1 aromatic rings. The summed E-state index contributed by atoms with van der Waals surface area (Å²) >= 11 is 0. The number of likely N-dealkylation sites (tertiary alicyclic amines) is 1. The maximum Gasteiger partial charge on any atom is 0.341 e. The Labute approximate surface area is 224 Å². The second-order valence-corrected chi connectivity index (χ2v) is 12.9. The zero-order valence-corrected chi connectivity index (χ0v) is 22.5. The van der Waals surface area contributed by atoms with Crippen molar-refractivity contribution in [3.63, 3.8) is 0 Å². The molecule has 6 fully saturated rings. The van der Waals surface area contributed by atoms with Gasteiger partial charge in [-0.3, -0.25) is 4.79 Å². The molecule has 1 saturated heterocycles. The Balaban J connectivity index is 1.12. The number of carbonyl (C=O) groups is 2. The monoisotopic (exact) mass is 530 g/mol. The number of nitrogens with one attached hydrogen (secondary N) is 1. The minimum absolute atomic E-state index is 0.00836. The van der Waals surface area contributed by atoms with Gasteiger partial charge < -0.3 is 20.1 Å². The van der Waals surface area contributed by atoms with E-state index in [1.54, 1.807) is 10.9 Å². The first-order chi connectivity index (χ1) is 18.4. The number of ether oxygens (including phenoxy) is 1. The number of nitrogens with zero attached hydrogens (tertiary/aromatic N) is 3. The van der Waals surface area contributed by atoms with Crippen molar-refractivity contribution in [3.8, 4) is 5.88 Å². The smallest absolute Gasteiger partial charge is 0.341 e. The average molecular weight is 531 g/mol. The topological polar surface area (TPSA) is 96.7 Å². The highest BCUT2D eigenvalue weighted by molar-refractivity contribution is 5.96. The summed E-state index contributed by atoms with van der Waals surface area (Å²) in [4.78, 5) is 26.9. The predicted octanol–water partition coefficient (Wildman–Crippen LogP) is 4.29. The number of hydrogen-bond acceptors (Lipinski definition) is 5. The zero-order valence-electron chi connectivity index (χ0n) is 22.5. The lowest BCUT2D eigenvalue weighted by Crippen LogP contribution is -2.55. The van der Waals surface area contributed by atoms with E-state index in [0.29, 0.717) is 62.0 Å². The van der Waals surface area contributed by atoms with E-state index in [4.69, 9.17) is 4.74 Å². The fraction of sp³-hybridized carbons (Fsp3) is 0.828. The van der Waals surface area contributed by atoms with E-state index in [2.05, 4.69) is 15.3 Å². The molecule has 5 saturated carbocycles. The van der Waals surface area contributed by atoms with Gasteiger partial charge in [0.2, 0.25) is 11.5 Å². The number of amides is 1. The molecule has 5 aliphatic carbocycles. The van der Waals surface area contributed by atoms with E-state index >= 15 is 0 Å². The summed E-state index contributed by atoms with van der Waals surface area (Å²) in [5.41, 5.74) is -1.61. The van der Waals surface area contributed by atoms with Crippen molar-refractivity contribution in [2.75, 3.05) is 26.2 Å². The summed E-state index contributed by atoms with van der Waals surface area (Å²) in [6.07, 6.45) is 14.1. The van der Waals surface area contributed by atoms with Gasteiger partial charge in [0, 0.05) is 38.5 Å². The van der Waals surface area contributed by atoms with Gasteiger partial charge in [0.25, 0.3) is 5.91 Å². The van der Waals surface area contributed by atoms with Crippen LogP contribution in [0.1, 0.15) is 87.4 Å². The maximum atomic E-state index is 14.5. The zero-order chi connectivity index (χ0) is 26.3. The number of carboxylic acid groups (broad SMARTS) is 1. The summed E-state index contributed by atoms with van der Waals surface area (Å²) in [5.74, 6) is 2.52. The molecule has 2 heterocycles. The number of piperidine rings is 1. The van der Waals surface area contributed by atoms with E-state index in [0.717, 1.165) is 24.7 Å². The lowest BCUT2D eigenvalue weighted by molar-refractivity contribution is -0.154. The van der Waals surface area contributed by atoms with Gasteiger partial charge in [-0.25, -0.2) is 13.9 Å². The second-order valence-electron chi connectivity index (χ2n) is 12.9. The molecule has 7 rings (SSSR count). The highest BCUT2D eigenvalue weighted by Gasteiger charge is 2.49. The molecule has 9 heteroatoms. The molecule has 4 bridgehead atoms. The van der Waals surface area contributed by atoms with Crippen LogP contribution in [0.25, 0.3) is 0 Å². The fourth-order valence-corrected chi connectivity index (χ4v) is 8.36. The van der Waals surface area contributed by atoms with Crippen LogP contribution in [0.3, 0.4) is 0 Å². The lowest BCUT2D eigenvalue weighted by Gasteiger charge is -2.54. The van der Waals surface area contributed by atoms with Gasteiger partial charge in [-0.15, -0.1) is 0 Å². The van der Waals surface area contributed by atoms with E-state index in [9.17, 15) is 19.1 Å². The van der Waals surface area contributed by atoms with Crippen molar-refractivity contribution >= 4 is 11.9 Å². The van der Waals surface area contributed by atoms with Crippen molar-refractivity contribution in [1.82, 2.24) is 20.0 Å². The SMILES string of the molecule is O=C(NC1C2CC3CC(C2)CC1C3)c1cnn(CCN2CCC(F)(C(=O)O)CC2)c1OCC1CCCCC1. The Hall–Kier alpha value is -2.16. The van der Waals surface area contributed by atoms with Crippen LogP contribution in [-0.4, -0.2) is 69.6 Å². The van der Waals surface area contributed by atoms with Crippen LogP contribution in [0.15, 0.2) is 6.20 Å². The van der Waals surface area contributed by atoms with Gasteiger partial charge in [-0.1, -0.05) is 19.3 Å². The molecule has 0 aromatic carbocycles. The van der Waals surface area contributed by atoms with Gasteiger partial charge in [0.1, 0.15) is 5.56 Å². The Kier molecular flexibility index (Phi) is 7.40. The van der Waals surface area contributed by atoms with Crippen LogP contribution < -0.4 is 10.1 Å². The molecule has 210 valence electrons. The average Bonchev–Trinajstić information content (AvgIpc) is 3.32. The molecule has 38 heavy (non-hydrogen) atoms. The quantitative estimate of drug-likeness (QED) is 0.495. The largest absolute Gasteiger partial charge is 0.479 e. The predicted molar refractivity (Wildman–Crippen MR) is 140 cm³/mol. The van der Waals surface area contributed by atoms with Crippen LogP contribution in [0.2, 0.25) is 0 Å². The lowest BCUT2D eigenvalue weighted by atomic mass is 9.54. The van der Waals surface area contributed by atoms with Crippen LogP contribution in [-0.2, 0) is 11.3 Å². The second kappa shape index (κ2) is 10.8. The molecule has 8 nitrogen and oxygen atoms in total. The Bertz CT molecular complexity index is 986. The van der Waals surface area contributed by atoms with Crippen LogP contribution in [0, 0.1) is 29.6 Å². The first kappa shape index (κ1) is 26.1. The third kappa shape index (κ3) is 5.32. The van der Waals surface area contributed by atoms with E-state index in [-0.39, 0.29) is 24.8 Å². The van der Waals surface area contributed by atoms with E-state index in [1.165, 1.54) is 51.4 Å². The molecule has 1 amide bonds. The standard InChI is InChI=1S/C29H43FN4O4/c30-29(28(36)37)6-8-33(9-7-29)10-11-34-27(38-18-19-4-2-1-3-5-19)24(17-31-34)26(35)32-25-22-13-20-12-21(15-22)16-23(25)14-20/h17,19-23,25H,1-16,18H2,(H,32,35)(H,36,37). The normalized spacial score (nSPS) is 32.8. The summed E-state index contributed by atoms with van der Waals surface area (Å²) in [5, 5.41) is 17.1. The third-order valence-corrected chi connectivity index (χ3v) is 10.4. The Morgan fingerprint density at radius 3 is 2.32 bits per heavy atom. The highest BCUT2D eigenvalue weighted by atomic mass is 19.1. The number of aliphatic carboxylic acids is 1. The third-order valence-electron chi connectivity index (χ3n) is 10.4. The van der Waals surface area contributed by atoms with Crippen molar-refractivity contribution in [2.45, 2.75) is 95.3 Å². The minimum atomic E-state index is -2.13. The number of halogens is 1. The Morgan fingerprint density at radius 1 is 1.03 bits per heavy atom. The molecular weight excluding hydrogens is 487 g/mol. The summed E-state index contributed by atoms with van der Waals surface area (Å²) in [7, 11) is 0. The number of hydrogen-bond donors (Lipinski definition) is 2. The summed E-state index contributed by atoms with van der Waals surface area (Å²) in [6, 6.07) is 0.258. The van der Waals surface area contributed by atoms with Gasteiger partial charge >= 0.3 is 5.97 Å². The van der Waals surface area contributed by atoms with Gasteiger partial charge in [-0.2, -0.15) is 5.10 Å². The summed E-state index contributed by atoms with van der Waals surface area (Å²) < 4.78 is 22.6. The van der Waals surface area contributed by atoms with E-state index < -0.39 is 11.6 Å². The highest BCUT2D eigenvalue weighted by Crippen LogP contribution is 2.53. The summed E-state index contributed by atoms with van der Waals surface area (Å²) in [6.45, 7) is 2.49. The molecule has 0 unspecified atom stereocenters. The van der Waals surface area contributed by atoms with Crippen molar-refractivity contribution in [2.24, 2.45) is 29.6 Å². The molecule has 2 N–H and O–H groups in total.